The first-order valence-corrected chi connectivity index (χ1v) is 4.89. The molecule has 1 aliphatic heterocycles. The third-order valence-electron chi connectivity index (χ3n) is 2.47. The first-order chi connectivity index (χ1) is 7.18. The van der Waals surface area contributed by atoms with E-state index in [9.17, 15) is 4.79 Å². The molecular weight excluding hydrogens is 190 g/mol. The summed E-state index contributed by atoms with van der Waals surface area (Å²) in [6.07, 6.45) is -0.305. The van der Waals surface area contributed by atoms with E-state index < -0.39 is 0 Å². The Balaban J connectivity index is 2.20. The van der Waals surface area contributed by atoms with Gasteiger partial charge in [-0.25, -0.2) is 4.79 Å². The number of hydrogen-bond donors (Lipinski definition) is 0. The second kappa shape index (κ2) is 3.77. The van der Waals surface area contributed by atoms with Crippen molar-refractivity contribution in [2.45, 2.75) is 6.92 Å². The van der Waals surface area contributed by atoms with Crippen molar-refractivity contribution >= 4 is 11.8 Å². The van der Waals surface area contributed by atoms with Crippen molar-refractivity contribution in [3.05, 3.63) is 42.0 Å². The molecule has 78 valence electrons. The molecule has 1 heterocycles. The number of nitrogens with zero attached hydrogens (tertiary/aromatic N) is 1. The van der Waals surface area contributed by atoms with Gasteiger partial charge in [-0.05, 0) is 12.5 Å². The van der Waals surface area contributed by atoms with Gasteiger partial charge in [0.05, 0.1) is 6.54 Å². The highest BCUT2D eigenvalue weighted by atomic mass is 16.6. The van der Waals surface area contributed by atoms with Crippen LogP contribution in [0, 0.1) is 6.92 Å². The molecule has 2 rings (SSSR count). The smallest absolute Gasteiger partial charge is 0.414 e. The molecule has 1 aromatic rings. The van der Waals surface area contributed by atoms with Gasteiger partial charge in [-0.1, -0.05) is 36.4 Å². The van der Waals surface area contributed by atoms with Gasteiger partial charge in [-0.3, -0.25) is 4.90 Å². The summed E-state index contributed by atoms with van der Waals surface area (Å²) < 4.78 is 4.86. The minimum atomic E-state index is -0.305. The molecule has 0 aromatic heterocycles. The van der Waals surface area contributed by atoms with Crippen LogP contribution in [0.15, 0.2) is 30.8 Å². The van der Waals surface area contributed by atoms with Crippen molar-refractivity contribution in [1.29, 1.82) is 0 Å². The van der Waals surface area contributed by atoms with Crippen molar-refractivity contribution in [1.82, 2.24) is 4.90 Å². The fourth-order valence-electron chi connectivity index (χ4n) is 1.54. The van der Waals surface area contributed by atoms with Crippen LogP contribution >= 0.6 is 0 Å². The van der Waals surface area contributed by atoms with Crippen molar-refractivity contribution < 1.29 is 9.53 Å². The summed E-state index contributed by atoms with van der Waals surface area (Å²) >= 11 is 0. The van der Waals surface area contributed by atoms with Crippen LogP contribution in [0.1, 0.15) is 11.1 Å². The molecular formula is C12H13NO2. The van der Waals surface area contributed by atoms with Crippen LogP contribution in [0.4, 0.5) is 4.79 Å². The van der Waals surface area contributed by atoms with Gasteiger partial charge in [0, 0.05) is 5.70 Å². The molecule has 3 nitrogen and oxygen atoms in total. The molecule has 1 aromatic carbocycles. The first kappa shape index (κ1) is 9.77. The lowest BCUT2D eigenvalue weighted by atomic mass is 10.1. The zero-order valence-corrected chi connectivity index (χ0v) is 8.69. The Morgan fingerprint density at radius 3 is 2.60 bits per heavy atom. The van der Waals surface area contributed by atoms with Crippen LogP contribution in [-0.2, 0) is 4.74 Å². The van der Waals surface area contributed by atoms with Crippen LogP contribution in [0.2, 0.25) is 0 Å². The van der Waals surface area contributed by atoms with Gasteiger partial charge in [0.1, 0.15) is 6.61 Å². The molecule has 0 N–H and O–H groups in total. The van der Waals surface area contributed by atoms with E-state index in [1.165, 1.54) is 5.56 Å². The van der Waals surface area contributed by atoms with Gasteiger partial charge < -0.3 is 4.74 Å². The summed E-state index contributed by atoms with van der Waals surface area (Å²) in [5, 5.41) is 0. The number of amides is 1. The van der Waals surface area contributed by atoms with Crippen LogP contribution < -0.4 is 0 Å². The zero-order valence-electron chi connectivity index (χ0n) is 8.69. The van der Waals surface area contributed by atoms with Crippen molar-refractivity contribution in [3.63, 3.8) is 0 Å². The van der Waals surface area contributed by atoms with Gasteiger partial charge >= 0.3 is 6.09 Å². The normalized spacial score (nSPS) is 15.3. The molecule has 0 bridgehead atoms. The Bertz CT molecular complexity index is 395. The number of ether oxygens (including phenoxy) is 1. The largest absolute Gasteiger partial charge is 0.447 e. The summed E-state index contributed by atoms with van der Waals surface area (Å²) in [7, 11) is 0. The molecule has 0 radical (unpaired) electrons. The number of aryl methyl sites for hydroxylation is 1. The van der Waals surface area contributed by atoms with Gasteiger partial charge in [-0.2, -0.15) is 0 Å². The Morgan fingerprint density at radius 2 is 2.07 bits per heavy atom. The average molecular weight is 203 g/mol. The van der Waals surface area contributed by atoms with E-state index in [1.54, 1.807) is 4.90 Å². The third kappa shape index (κ3) is 1.86. The quantitative estimate of drug-likeness (QED) is 0.738. The number of cyclic esters (lactones) is 1. The van der Waals surface area contributed by atoms with Gasteiger partial charge in [-0.15, -0.1) is 0 Å². The van der Waals surface area contributed by atoms with Gasteiger partial charge in [0.15, 0.2) is 0 Å². The molecule has 3 heteroatoms. The molecule has 0 atom stereocenters. The minimum Gasteiger partial charge on any atom is -0.447 e. The predicted octanol–water partition coefficient (Wildman–Crippen LogP) is 2.42. The number of carbonyl (C=O) groups excluding carboxylic acids is 1. The Morgan fingerprint density at radius 1 is 1.40 bits per heavy atom. The summed E-state index contributed by atoms with van der Waals surface area (Å²) in [6, 6.07) is 7.93. The van der Waals surface area contributed by atoms with E-state index in [0.29, 0.717) is 18.8 Å². The lowest BCUT2D eigenvalue weighted by Crippen LogP contribution is -2.21. The highest BCUT2D eigenvalue weighted by Gasteiger charge is 2.24. The van der Waals surface area contributed by atoms with E-state index in [4.69, 9.17) is 4.74 Å². The fraction of sp³-hybridized carbons (Fsp3) is 0.250. The van der Waals surface area contributed by atoms with Crippen molar-refractivity contribution in [3.8, 4) is 0 Å². The van der Waals surface area contributed by atoms with Crippen molar-refractivity contribution in [2.75, 3.05) is 13.2 Å². The molecule has 0 aliphatic carbocycles. The van der Waals surface area contributed by atoms with E-state index in [0.717, 1.165) is 5.56 Å². The highest BCUT2D eigenvalue weighted by molar-refractivity contribution is 5.82. The number of hydrogen-bond acceptors (Lipinski definition) is 2. The fourth-order valence-corrected chi connectivity index (χ4v) is 1.54. The lowest BCUT2D eigenvalue weighted by molar-refractivity contribution is 0.167. The van der Waals surface area contributed by atoms with E-state index >= 15 is 0 Å². The number of carbonyl (C=O) groups is 1. The Hall–Kier alpha value is -1.77. The summed E-state index contributed by atoms with van der Waals surface area (Å²) in [6.45, 7) is 6.97. The number of benzene rings is 1. The molecule has 1 amide bonds. The first-order valence-electron chi connectivity index (χ1n) is 4.89. The second-order valence-electron chi connectivity index (χ2n) is 3.58. The van der Waals surface area contributed by atoms with Crippen LogP contribution in [0.5, 0.6) is 0 Å². The van der Waals surface area contributed by atoms with E-state index in [-0.39, 0.29) is 6.09 Å². The topological polar surface area (TPSA) is 29.5 Å². The maximum absolute atomic E-state index is 11.3. The minimum absolute atomic E-state index is 0.305. The molecule has 1 saturated heterocycles. The molecule has 1 aliphatic rings. The summed E-state index contributed by atoms with van der Waals surface area (Å²) in [4.78, 5) is 12.9. The predicted molar refractivity (Wildman–Crippen MR) is 58.3 cm³/mol. The second-order valence-corrected chi connectivity index (χ2v) is 3.58. The lowest BCUT2D eigenvalue weighted by Gasteiger charge is -2.15. The van der Waals surface area contributed by atoms with Gasteiger partial charge in [0.2, 0.25) is 0 Å². The Kier molecular flexibility index (Phi) is 2.46. The number of rotatable bonds is 2. The SMILES string of the molecule is C=C(c1ccc(C)cc1)N1CCOC1=O. The Labute approximate surface area is 89.0 Å². The summed E-state index contributed by atoms with van der Waals surface area (Å²) in [5.41, 5.74) is 2.85. The van der Waals surface area contributed by atoms with Crippen LogP contribution in [0.25, 0.3) is 5.70 Å². The maximum Gasteiger partial charge on any atom is 0.414 e. The van der Waals surface area contributed by atoms with E-state index in [1.807, 2.05) is 31.2 Å². The molecule has 0 spiro atoms. The zero-order chi connectivity index (χ0) is 10.8. The van der Waals surface area contributed by atoms with Crippen molar-refractivity contribution in [2.24, 2.45) is 0 Å². The standard InChI is InChI=1S/C12H13NO2/c1-9-3-5-11(6-4-9)10(2)13-7-8-15-12(13)14/h3-6H,2,7-8H2,1H3. The molecule has 15 heavy (non-hydrogen) atoms. The maximum atomic E-state index is 11.3. The van der Waals surface area contributed by atoms with E-state index in [2.05, 4.69) is 6.58 Å². The summed E-state index contributed by atoms with van der Waals surface area (Å²) in [5.74, 6) is 0. The van der Waals surface area contributed by atoms with Crippen LogP contribution in [0.3, 0.4) is 0 Å². The molecule has 0 saturated carbocycles. The monoisotopic (exact) mass is 203 g/mol. The average Bonchev–Trinajstić information content (AvgIpc) is 2.65. The third-order valence-corrected chi connectivity index (χ3v) is 2.47. The molecule has 1 fully saturated rings. The highest BCUT2D eigenvalue weighted by Crippen LogP contribution is 2.21. The van der Waals surface area contributed by atoms with Gasteiger partial charge in [0.25, 0.3) is 0 Å². The molecule has 0 unspecified atom stereocenters. The van der Waals surface area contributed by atoms with Crippen LogP contribution in [-0.4, -0.2) is 24.1 Å².